The van der Waals surface area contributed by atoms with Crippen LogP contribution in [0.15, 0.2) is 27.3 Å². The fourth-order valence-corrected chi connectivity index (χ4v) is 3.07. The lowest BCUT2D eigenvalue weighted by molar-refractivity contribution is 0.0452. The zero-order valence-electron chi connectivity index (χ0n) is 14.4. The Hall–Kier alpha value is -1.70. The molecule has 7 nitrogen and oxygen atoms in total. The highest BCUT2D eigenvalue weighted by Gasteiger charge is 2.27. The first-order chi connectivity index (χ1) is 11.7. The topological polar surface area (TPSA) is 78.8 Å². The SMILES string of the molecule is CCCc1noc([C@H](C)N2CCN(C[C@@H](O)c3ccco3)CC2)n1. The van der Waals surface area contributed by atoms with Crippen LogP contribution >= 0.6 is 0 Å². The number of nitrogens with zero attached hydrogens (tertiary/aromatic N) is 4. The highest BCUT2D eigenvalue weighted by Crippen LogP contribution is 2.22. The van der Waals surface area contributed by atoms with Gasteiger partial charge in [0.2, 0.25) is 5.89 Å². The summed E-state index contributed by atoms with van der Waals surface area (Å²) in [5, 5.41) is 14.2. The van der Waals surface area contributed by atoms with Crippen molar-refractivity contribution in [3.05, 3.63) is 35.9 Å². The molecule has 2 atom stereocenters. The van der Waals surface area contributed by atoms with Gasteiger partial charge in [0.25, 0.3) is 0 Å². The molecular formula is C17H26N4O3. The molecule has 1 aliphatic heterocycles. The van der Waals surface area contributed by atoms with Crippen molar-refractivity contribution in [2.45, 2.75) is 38.8 Å². The van der Waals surface area contributed by atoms with Gasteiger partial charge in [-0.15, -0.1) is 0 Å². The van der Waals surface area contributed by atoms with Crippen molar-refractivity contribution < 1.29 is 14.0 Å². The van der Waals surface area contributed by atoms with Crippen LogP contribution in [-0.4, -0.2) is 57.8 Å². The van der Waals surface area contributed by atoms with E-state index in [4.69, 9.17) is 8.94 Å². The number of aryl methyl sites for hydroxylation is 1. The minimum atomic E-state index is -0.573. The molecule has 1 fully saturated rings. The largest absolute Gasteiger partial charge is 0.467 e. The van der Waals surface area contributed by atoms with Gasteiger partial charge in [-0.2, -0.15) is 4.98 Å². The number of aromatic nitrogens is 2. The standard InChI is InChI=1S/C17H26N4O3/c1-3-5-16-18-17(24-19-16)13(2)21-9-7-20(8-10-21)12-14(22)15-6-4-11-23-15/h4,6,11,13-14,22H,3,5,7-10,12H2,1-2H3/t13-,14+/m0/s1. The van der Waals surface area contributed by atoms with Crippen LogP contribution in [0.2, 0.25) is 0 Å². The van der Waals surface area contributed by atoms with Gasteiger partial charge in [0, 0.05) is 39.1 Å². The second-order valence-electron chi connectivity index (χ2n) is 6.34. The van der Waals surface area contributed by atoms with E-state index < -0.39 is 6.10 Å². The molecule has 1 aliphatic rings. The van der Waals surface area contributed by atoms with Gasteiger partial charge < -0.3 is 14.0 Å². The van der Waals surface area contributed by atoms with Crippen molar-refractivity contribution in [2.24, 2.45) is 0 Å². The molecule has 1 saturated heterocycles. The predicted octanol–water partition coefficient (Wildman–Crippen LogP) is 2.03. The van der Waals surface area contributed by atoms with E-state index in [1.54, 1.807) is 12.3 Å². The van der Waals surface area contributed by atoms with Crippen molar-refractivity contribution in [2.75, 3.05) is 32.7 Å². The van der Waals surface area contributed by atoms with Gasteiger partial charge in [-0.1, -0.05) is 12.1 Å². The minimum Gasteiger partial charge on any atom is -0.467 e. The maximum atomic E-state index is 10.2. The van der Waals surface area contributed by atoms with Crippen LogP contribution in [0.1, 0.15) is 49.9 Å². The second-order valence-corrected chi connectivity index (χ2v) is 6.34. The lowest BCUT2D eigenvalue weighted by atomic mass is 10.2. The van der Waals surface area contributed by atoms with Crippen LogP contribution in [0.25, 0.3) is 0 Å². The molecule has 0 radical (unpaired) electrons. The van der Waals surface area contributed by atoms with Crippen molar-refractivity contribution in [1.82, 2.24) is 19.9 Å². The Bertz CT molecular complexity index is 605. The summed E-state index contributed by atoms with van der Waals surface area (Å²) in [6, 6.07) is 3.74. The number of piperazine rings is 1. The molecule has 2 aromatic rings. The maximum absolute atomic E-state index is 10.2. The molecule has 0 aromatic carbocycles. The number of furan rings is 1. The van der Waals surface area contributed by atoms with E-state index in [0.717, 1.165) is 44.8 Å². The third-order valence-electron chi connectivity index (χ3n) is 4.57. The smallest absolute Gasteiger partial charge is 0.243 e. The molecule has 2 aromatic heterocycles. The van der Waals surface area contributed by atoms with Gasteiger partial charge in [0.05, 0.1) is 12.3 Å². The zero-order valence-corrected chi connectivity index (χ0v) is 14.4. The number of aliphatic hydroxyl groups is 1. The number of β-amino-alcohol motifs (C(OH)–C–C–N with tert-alkyl or cyclic N) is 1. The average molecular weight is 334 g/mol. The average Bonchev–Trinajstić information content (AvgIpc) is 3.27. The molecule has 0 bridgehead atoms. The summed E-state index contributed by atoms with van der Waals surface area (Å²) < 4.78 is 10.7. The molecule has 0 saturated carbocycles. The summed E-state index contributed by atoms with van der Waals surface area (Å²) >= 11 is 0. The fraction of sp³-hybridized carbons (Fsp3) is 0.647. The van der Waals surface area contributed by atoms with E-state index >= 15 is 0 Å². The Labute approximate surface area is 142 Å². The van der Waals surface area contributed by atoms with Crippen LogP contribution in [-0.2, 0) is 6.42 Å². The van der Waals surface area contributed by atoms with Crippen LogP contribution in [0.5, 0.6) is 0 Å². The summed E-state index contributed by atoms with van der Waals surface area (Å²) in [5.41, 5.74) is 0. The summed E-state index contributed by atoms with van der Waals surface area (Å²) in [6.07, 6.45) is 2.89. The van der Waals surface area contributed by atoms with Crippen molar-refractivity contribution >= 4 is 0 Å². The van der Waals surface area contributed by atoms with Crippen molar-refractivity contribution in [3.63, 3.8) is 0 Å². The van der Waals surface area contributed by atoms with Gasteiger partial charge in [-0.25, -0.2) is 0 Å². The molecule has 0 aliphatic carbocycles. The van der Waals surface area contributed by atoms with Gasteiger partial charge in [0.15, 0.2) is 5.82 Å². The Kier molecular flexibility index (Phi) is 5.65. The first-order valence-electron chi connectivity index (χ1n) is 8.67. The van der Waals surface area contributed by atoms with E-state index in [1.165, 1.54) is 0 Å². The van der Waals surface area contributed by atoms with Crippen molar-refractivity contribution in [3.8, 4) is 0 Å². The predicted molar refractivity (Wildman–Crippen MR) is 88.4 cm³/mol. The molecule has 3 heterocycles. The van der Waals surface area contributed by atoms with Crippen LogP contribution in [0.4, 0.5) is 0 Å². The third-order valence-corrected chi connectivity index (χ3v) is 4.57. The number of hydrogen-bond donors (Lipinski definition) is 1. The summed E-state index contributed by atoms with van der Waals surface area (Å²) in [5.74, 6) is 2.11. The highest BCUT2D eigenvalue weighted by atomic mass is 16.5. The molecule has 3 rings (SSSR count). The zero-order chi connectivity index (χ0) is 16.9. The van der Waals surface area contributed by atoms with Crippen LogP contribution in [0, 0.1) is 0 Å². The summed E-state index contributed by atoms with van der Waals surface area (Å²) in [6.45, 7) is 8.44. The minimum absolute atomic E-state index is 0.125. The van der Waals surface area contributed by atoms with Crippen LogP contribution in [0.3, 0.4) is 0 Å². The van der Waals surface area contributed by atoms with E-state index in [2.05, 4.69) is 33.8 Å². The van der Waals surface area contributed by atoms with E-state index in [-0.39, 0.29) is 6.04 Å². The molecular weight excluding hydrogens is 308 g/mol. The number of hydrogen-bond acceptors (Lipinski definition) is 7. The first kappa shape index (κ1) is 17.1. The van der Waals surface area contributed by atoms with Gasteiger partial charge in [-0.3, -0.25) is 9.80 Å². The quantitative estimate of drug-likeness (QED) is 0.830. The molecule has 132 valence electrons. The van der Waals surface area contributed by atoms with Crippen molar-refractivity contribution in [1.29, 1.82) is 0 Å². The van der Waals surface area contributed by atoms with Gasteiger partial charge in [-0.05, 0) is 25.5 Å². The number of aliphatic hydroxyl groups excluding tert-OH is 1. The lowest BCUT2D eigenvalue weighted by Gasteiger charge is -2.37. The third kappa shape index (κ3) is 4.03. The molecule has 0 amide bonds. The molecule has 7 heteroatoms. The molecule has 0 spiro atoms. The molecule has 24 heavy (non-hydrogen) atoms. The Morgan fingerprint density at radius 1 is 1.29 bits per heavy atom. The van der Waals surface area contributed by atoms with E-state index in [0.29, 0.717) is 18.2 Å². The molecule has 0 unspecified atom stereocenters. The highest BCUT2D eigenvalue weighted by molar-refractivity contribution is 5.02. The Morgan fingerprint density at radius 3 is 2.75 bits per heavy atom. The normalized spacial score (nSPS) is 19.5. The number of rotatable bonds is 7. The first-order valence-corrected chi connectivity index (χ1v) is 8.67. The second kappa shape index (κ2) is 7.92. The summed E-state index contributed by atoms with van der Waals surface area (Å²) in [7, 11) is 0. The Balaban J connectivity index is 1.49. The summed E-state index contributed by atoms with van der Waals surface area (Å²) in [4.78, 5) is 9.09. The monoisotopic (exact) mass is 334 g/mol. The van der Waals surface area contributed by atoms with E-state index in [1.807, 2.05) is 6.07 Å². The van der Waals surface area contributed by atoms with Gasteiger partial charge in [0.1, 0.15) is 11.9 Å². The van der Waals surface area contributed by atoms with Gasteiger partial charge >= 0.3 is 0 Å². The Morgan fingerprint density at radius 2 is 2.08 bits per heavy atom. The van der Waals surface area contributed by atoms with Crippen LogP contribution < -0.4 is 0 Å². The molecule has 1 N–H and O–H groups in total. The maximum Gasteiger partial charge on any atom is 0.243 e. The van der Waals surface area contributed by atoms with E-state index in [9.17, 15) is 5.11 Å². The lowest BCUT2D eigenvalue weighted by Crippen LogP contribution is -2.48. The fourth-order valence-electron chi connectivity index (χ4n) is 3.07.